The molecule has 0 radical (unpaired) electrons. The van der Waals surface area contributed by atoms with Gasteiger partial charge in [-0.15, -0.1) is 0 Å². The van der Waals surface area contributed by atoms with E-state index in [0.717, 1.165) is 88.3 Å². The lowest BCUT2D eigenvalue weighted by Crippen LogP contribution is -2.09. The number of anilines is 3. The maximum atomic E-state index is 6.43. The third kappa shape index (κ3) is 4.55. The molecule has 7 aromatic carbocycles. The number of para-hydroxylation sites is 2. The first-order valence-corrected chi connectivity index (χ1v) is 16.3. The number of pyridine rings is 1. The summed E-state index contributed by atoms with van der Waals surface area (Å²) in [6.45, 7) is 0. The molecule has 0 saturated carbocycles. The Morgan fingerprint density at radius 1 is 0.469 bits per heavy atom. The van der Waals surface area contributed by atoms with E-state index in [4.69, 9.17) is 13.8 Å². The third-order valence-electron chi connectivity index (χ3n) is 9.36. The molecule has 0 amide bonds. The molecule has 0 saturated heterocycles. The van der Waals surface area contributed by atoms with Crippen LogP contribution in [0, 0.1) is 0 Å². The Hall–Kier alpha value is -6.72. The number of rotatable bonds is 5. The fraction of sp³-hybridized carbons (Fsp3) is 0. The molecule has 0 aliphatic carbocycles. The van der Waals surface area contributed by atoms with Gasteiger partial charge in [0.25, 0.3) is 0 Å². The quantitative estimate of drug-likeness (QED) is 0.177. The van der Waals surface area contributed by atoms with E-state index in [0.29, 0.717) is 5.89 Å². The van der Waals surface area contributed by atoms with Crippen molar-refractivity contribution in [1.29, 1.82) is 0 Å². The normalized spacial score (nSPS) is 11.7. The van der Waals surface area contributed by atoms with E-state index in [9.17, 15) is 0 Å². The minimum Gasteiger partial charge on any atom is -0.456 e. The van der Waals surface area contributed by atoms with Crippen molar-refractivity contribution < 1.29 is 8.83 Å². The Balaban J connectivity index is 1.08. The number of fused-ring (bicyclic) bond motifs is 8. The van der Waals surface area contributed by atoms with Crippen molar-refractivity contribution in [2.45, 2.75) is 0 Å². The molecule has 10 rings (SSSR count). The zero-order valence-electron chi connectivity index (χ0n) is 26.2. The summed E-state index contributed by atoms with van der Waals surface area (Å²) in [4.78, 5) is 11.4. The fourth-order valence-corrected chi connectivity index (χ4v) is 6.99. The van der Waals surface area contributed by atoms with Gasteiger partial charge in [-0.25, -0.2) is 4.98 Å². The average molecular weight is 630 g/mol. The molecule has 230 valence electrons. The van der Waals surface area contributed by atoms with Gasteiger partial charge in [0.05, 0.1) is 5.56 Å². The molecule has 5 heteroatoms. The van der Waals surface area contributed by atoms with Crippen molar-refractivity contribution in [3.05, 3.63) is 164 Å². The Labute approximate surface area is 281 Å². The second kappa shape index (κ2) is 10.9. The molecule has 3 aromatic heterocycles. The standard InChI is InChI=1S/C44H27N3O2/c1-2-8-33(9-3-1)47(35-21-23-41-38(26-35)36-10-4-5-11-40(36)48-41)34-19-16-28(17-20-34)31-15-13-29-12-14-30-18-22-39-43(42(30)37(29)25-31)49-44(46-39)32-7-6-24-45-27-32/h1-27H. The largest absolute Gasteiger partial charge is 0.456 e. The zero-order valence-corrected chi connectivity index (χ0v) is 26.2. The highest BCUT2D eigenvalue weighted by Gasteiger charge is 2.17. The number of oxazole rings is 1. The summed E-state index contributed by atoms with van der Waals surface area (Å²) >= 11 is 0. The van der Waals surface area contributed by atoms with Crippen LogP contribution in [0.3, 0.4) is 0 Å². The predicted octanol–water partition coefficient (Wildman–Crippen LogP) is 12.2. The minimum absolute atomic E-state index is 0.572. The molecule has 3 heterocycles. The highest BCUT2D eigenvalue weighted by molar-refractivity contribution is 6.18. The van der Waals surface area contributed by atoms with E-state index in [2.05, 4.69) is 125 Å². The maximum absolute atomic E-state index is 6.43. The first-order chi connectivity index (χ1) is 24.3. The van der Waals surface area contributed by atoms with E-state index in [1.54, 1.807) is 12.4 Å². The summed E-state index contributed by atoms with van der Waals surface area (Å²) in [5.74, 6) is 0.572. The topological polar surface area (TPSA) is 55.3 Å². The van der Waals surface area contributed by atoms with Crippen LogP contribution in [0.4, 0.5) is 17.1 Å². The van der Waals surface area contributed by atoms with Crippen LogP contribution >= 0.6 is 0 Å². The van der Waals surface area contributed by atoms with E-state index in [1.165, 1.54) is 0 Å². The Bertz CT molecular complexity index is 2820. The molecular formula is C44H27N3O2. The third-order valence-corrected chi connectivity index (χ3v) is 9.36. The van der Waals surface area contributed by atoms with Crippen LogP contribution < -0.4 is 4.90 Å². The first kappa shape index (κ1) is 27.4. The van der Waals surface area contributed by atoms with Gasteiger partial charge in [-0.05, 0) is 100 Å². The lowest BCUT2D eigenvalue weighted by Gasteiger charge is -2.25. The number of furan rings is 1. The van der Waals surface area contributed by atoms with Crippen LogP contribution in [0.1, 0.15) is 0 Å². The maximum Gasteiger partial charge on any atom is 0.228 e. The molecule has 5 nitrogen and oxygen atoms in total. The van der Waals surface area contributed by atoms with Gasteiger partial charge >= 0.3 is 0 Å². The van der Waals surface area contributed by atoms with Crippen molar-refractivity contribution in [2.75, 3.05) is 4.90 Å². The number of hydrogen-bond acceptors (Lipinski definition) is 5. The second-order valence-electron chi connectivity index (χ2n) is 12.3. The van der Waals surface area contributed by atoms with Gasteiger partial charge in [0, 0.05) is 45.6 Å². The first-order valence-electron chi connectivity index (χ1n) is 16.3. The summed E-state index contributed by atoms with van der Waals surface area (Å²) < 4.78 is 12.6. The van der Waals surface area contributed by atoms with Crippen LogP contribution in [0.25, 0.3) is 77.2 Å². The molecule has 0 unspecified atom stereocenters. The highest BCUT2D eigenvalue weighted by Crippen LogP contribution is 2.40. The fourth-order valence-electron chi connectivity index (χ4n) is 6.99. The predicted molar refractivity (Wildman–Crippen MR) is 200 cm³/mol. The average Bonchev–Trinajstić information content (AvgIpc) is 3.78. The van der Waals surface area contributed by atoms with Crippen molar-refractivity contribution in [3.63, 3.8) is 0 Å². The van der Waals surface area contributed by atoms with Crippen molar-refractivity contribution in [2.24, 2.45) is 0 Å². The molecular weight excluding hydrogens is 603 g/mol. The van der Waals surface area contributed by atoms with Crippen molar-refractivity contribution >= 4 is 71.6 Å². The van der Waals surface area contributed by atoms with Gasteiger partial charge in [0.15, 0.2) is 5.58 Å². The molecule has 0 atom stereocenters. The number of aromatic nitrogens is 2. The summed E-state index contributed by atoms with van der Waals surface area (Å²) in [7, 11) is 0. The van der Waals surface area contributed by atoms with Gasteiger partial charge in [-0.1, -0.05) is 78.9 Å². The van der Waals surface area contributed by atoms with Crippen LogP contribution in [0.15, 0.2) is 173 Å². The lowest BCUT2D eigenvalue weighted by atomic mass is 9.96. The monoisotopic (exact) mass is 629 g/mol. The van der Waals surface area contributed by atoms with Crippen LogP contribution in [0.2, 0.25) is 0 Å². The number of hydrogen-bond donors (Lipinski definition) is 0. The highest BCUT2D eigenvalue weighted by atomic mass is 16.3. The molecule has 0 N–H and O–H groups in total. The molecule has 0 aliphatic rings. The molecule has 0 aliphatic heterocycles. The number of benzene rings is 7. The van der Waals surface area contributed by atoms with Gasteiger partial charge < -0.3 is 13.7 Å². The molecule has 0 bridgehead atoms. The van der Waals surface area contributed by atoms with Crippen LogP contribution in [-0.2, 0) is 0 Å². The molecule has 10 aromatic rings. The summed E-state index contributed by atoms with van der Waals surface area (Å²) in [6.07, 6.45) is 3.54. The SMILES string of the molecule is c1ccc(N(c2ccc(-c3ccc4ccc5ccc6nc(-c7cccnc7)oc6c5c4c3)cc2)c2ccc3oc4ccccc4c3c2)cc1. The van der Waals surface area contributed by atoms with Crippen molar-refractivity contribution in [1.82, 2.24) is 9.97 Å². The zero-order chi connectivity index (χ0) is 32.3. The molecule has 0 fully saturated rings. The van der Waals surface area contributed by atoms with Gasteiger partial charge in [-0.2, -0.15) is 0 Å². The van der Waals surface area contributed by atoms with E-state index < -0.39 is 0 Å². The van der Waals surface area contributed by atoms with Gasteiger partial charge in [-0.3, -0.25) is 4.98 Å². The van der Waals surface area contributed by atoms with Crippen molar-refractivity contribution in [3.8, 4) is 22.6 Å². The molecule has 0 spiro atoms. The minimum atomic E-state index is 0.572. The van der Waals surface area contributed by atoms with E-state index in [1.807, 2.05) is 36.4 Å². The summed E-state index contributed by atoms with van der Waals surface area (Å²) in [6, 6.07) is 52.9. The summed E-state index contributed by atoms with van der Waals surface area (Å²) in [5.41, 5.74) is 9.74. The van der Waals surface area contributed by atoms with Gasteiger partial charge in [0.1, 0.15) is 16.7 Å². The Morgan fingerprint density at radius 3 is 2.08 bits per heavy atom. The lowest BCUT2D eigenvalue weighted by molar-refractivity contribution is 0.623. The smallest absolute Gasteiger partial charge is 0.228 e. The Morgan fingerprint density at radius 2 is 1.20 bits per heavy atom. The molecule has 49 heavy (non-hydrogen) atoms. The van der Waals surface area contributed by atoms with Crippen LogP contribution in [-0.4, -0.2) is 9.97 Å². The number of nitrogens with zero attached hydrogens (tertiary/aromatic N) is 3. The van der Waals surface area contributed by atoms with Crippen LogP contribution in [0.5, 0.6) is 0 Å². The van der Waals surface area contributed by atoms with Gasteiger partial charge in [0.2, 0.25) is 5.89 Å². The second-order valence-corrected chi connectivity index (χ2v) is 12.3. The van der Waals surface area contributed by atoms with E-state index in [-0.39, 0.29) is 0 Å². The Kier molecular flexibility index (Phi) is 6.11. The summed E-state index contributed by atoms with van der Waals surface area (Å²) in [5, 5.41) is 6.67. The van der Waals surface area contributed by atoms with E-state index >= 15 is 0 Å².